The maximum atomic E-state index is 12.2. The number of carboxylic acids is 1. The van der Waals surface area contributed by atoms with Gasteiger partial charge >= 0.3 is 5.97 Å². The highest BCUT2D eigenvalue weighted by molar-refractivity contribution is 9.10. The molecule has 1 aromatic rings. The number of aliphatic carboxylic acids is 1. The van der Waals surface area contributed by atoms with Crippen molar-refractivity contribution in [3.8, 4) is 0 Å². The number of carboxylic acid groups (broad SMARTS) is 1. The van der Waals surface area contributed by atoms with Crippen LogP contribution in [-0.4, -0.2) is 25.5 Å². The molecule has 1 unspecified atom stereocenters. The number of rotatable bonds is 6. The topological polar surface area (TPSA) is 83.5 Å². The molecule has 0 aliphatic rings. The molecule has 1 rings (SSSR count). The average Bonchev–Trinajstić information content (AvgIpc) is 2.30. The minimum absolute atomic E-state index is 0.0432. The Morgan fingerprint density at radius 3 is 2.55 bits per heavy atom. The normalized spacial score (nSPS) is 13.4. The van der Waals surface area contributed by atoms with Crippen LogP contribution in [0, 0.1) is 5.92 Å². The molecule has 2 N–H and O–H groups in total. The van der Waals surface area contributed by atoms with Gasteiger partial charge in [0.05, 0.1) is 4.90 Å². The molecule has 8 heteroatoms. The Kier molecular flexibility index (Phi) is 6.00. The van der Waals surface area contributed by atoms with Crippen molar-refractivity contribution in [1.29, 1.82) is 0 Å². The zero-order chi connectivity index (χ0) is 15.5. The summed E-state index contributed by atoms with van der Waals surface area (Å²) in [4.78, 5) is 11.0. The first kappa shape index (κ1) is 17.4. The van der Waals surface area contributed by atoms with Crippen molar-refractivity contribution in [2.75, 3.05) is 0 Å². The Morgan fingerprint density at radius 2 is 2.05 bits per heavy atom. The van der Waals surface area contributed by atoms with E-state index in [1.165, 1.54) is 18.2 Å². The first-order chi connectivity index (χ1) is 9.13. The van der Waals surface area contributed by atoms with Crippen LogP contribution in [0.2, 0.25) is 5.02 Å². The Morgan fingerprint density at radius 1 is 1.45 bits per heavy atom. The number of hydrogen-bond acceptors (Lipinski definition) is 3. The molecular formula is C12H15BrClNO4S. The van der Waals surface area contributed by atoms with Gasteiger partial charge in [-0.2, -0.15) is 4.72 Å². The van der Waals surface area contributed by atoms with Gasteiger partial charge in [-0.05, 0) is 46.5 Å². The summed E-state index contributed by atoms with van der Waals surface area (Å²) in [5.74, 6) is -1.16. The van der Waals surface area contributed by atoms with Crippen molar-refractivity contribution < 1.29 is 18.3 Å². The van der Waals surface area contributed by atoms with Crippen molar-refractivity contribution in [2.45, 2.75) is 31.2 Å². The highest BCUT2D eigenvalue weighted by Gasteiger charge is 2.27. The van der Waals surface area contributed by atoms with Crippen molar-refractivity contribution >= 4 is 43.5 Å². The molecule has 1 aromatic carbocycles. The van der Waals surface area contributed by atoms with E-state index < -0.39 is 22.0 Å². The lowest BCUT2D eigenvalue weighted by Crippen LogP contribution is -2.41. The Bertz CT molecular complexity index is 603. The Balaban J connectivity index is 3.09. The van der Waals surface area contributed by atoms with E-state index in [-0.39, 0.29) is 22.3 Å². The molecule has 20 heavy (non-hydrogen) atoms. The van der Waals surface area contributed by atoms with Gasteiger partial charge in [0.1, 0.15) is 6.04 Å². The van der Waals surface area contributed by atoms with Crippen LogP contribution < -0.4 is 4.72 Å². The van der Waals surface area contributed by atoms with Gasteiger partial charge in [-0.1, -0.05) is 25.4 Å². The minimum atomic E-state index is -3.97. The van der Waals surface area contributed by atoms with Crippen molar-refractivity contribution in [2.24, 2.45) is 5.92 Å². The summed E-state index contributed by atoms with van der Waals surface area (Å²) in [5, 5.41) is 9.35. The molecule has 0 aliphatic carbocycles. The zero-order valence-corrected chi connectivity index (χ0v) is 14.1. The van der Waals surface area contributed by atoms with Crippen LogP contribution in [0.25, 0.3) is 0 Å². The minimum Gasteiger partial charge on any atom is -0.480 e. The molecule has 0 heterocycles. The summed E-state index contributed by atoms with van der Waals surface area (Å²) in [6, 6.07) is 3.12. The lowest BCUT2D eigenvalue weighted by Gasteiger charge is -2.17. The third-order valence-electron chi connectivity index (χ3n) is 2.49. The van der Waals surface area contributed by atoms with Gasteiger partial charge in [0.2, 0.25) is 10.0 Å². The fourth-order valence-electron chi connectivity index (χ4n) is 1.60. The Hall–Kier alpha value is -0.630. The van der Waals surface area contributed by atoms with Crippen LogP contribution in [0.3, 0.4) is 0 Å². The van der Waals surface area contributed by atoms with Crippen LogP contribution >= 0.6 is 27.5 Å². The van der Waals surface area contributed by atoms with E-state index >= 15 is 0 Å². The van der Waals surface area contributed by atoms with E-state index in [9.17, 15) is 13.2 Å². The monoisotopic (exact) mass is 383 g/mol. The van der Waals surface area contributed by atoms with Crippen LogP contribution in [0.5, 0.6) is 0 Å². The number of hydrogen-bond donors (Lipinski definition) is 2. The summed E-state index contributed by atoms with van der Waals surface area (Å²) in [6.07, 6.45) is 0.201. The molecule has 0 bridgehead atoms. The van der Waals surface area contributed by atoms with Crippen LogP contribution in [0.15, 0.2) is 27.6 Å². The molecule has 0 amide bonds. The van der Waals surface area contributed by atoms with Crippen molar-refractivity contribution in [1.82, 2.24) is 4.72 Å². The van der Waals surface area contributed by atoms with E-state index in [0.717, 1.165) is 0 Å². The van der Waals surface area contributed by atoms with Gasteiger partial charge in [0.15, 0.2) is 0 Å². The number of benzene rings is 1. The van der Waals surface area contributed by atoms with E-state index in [1.54, 1.807) is 0 Å². The van der Waals surface area contributed by atoms with Gasteiger partial charge in [-0.3, -0.25) is 4.79 Å². The van der Waals surface area contributed by atoms with Gasteiger partial charge in [0, 0.05) is 9.50 Å². The van der Waals surface area contributed by atoms with Crippen LogP contribution in [0.4, 0.5) is 0 Å². The zero-order valence-electron chi connectivity index (χ0n) is 10.9. The average molecular weight is 385 g/mol. The predicted octanol–water partition coefficient (Wildman–Crippen LogP) is 2.88. The van der Waals surface area contributed by atoms with Crippen molar-refractivity contribution in [3.05, 3.63) is 27.7 Å². The summed E-state index contributed by atoms with van der Waals surface area (Å²) >= 11 is 8.90. The molecule has 1 atom stereocenters. The smallest absolute Gasteiger partial charge is 0.321 e. The predicted molar refractivity (Wildman–Crippen MR) is 80.4 cm³/mol. The first-order valence-electron chi connectivity index (χ1n) is 5.83. The third-order valence-corrected chi connectivity index (χ3v) is 5.19. The number of carbonyl (C=O) groups is 1. The summed E-state index contributed by atoms with van der Waals surface area (Å²) < 4.78 is 27.0. The maximum Gasteiger partial charge on any atom is 0.321 e. The second kappa shape index (κ2) is 6.89. The quantitative estimate of drug-likeness (QED) is 0.790. The molecule has 5 nitrogen and oxygen atoms in total. The lowest BCUT2D eigenvalue weighted by atomic mass is 10.1. The van der Waals surface area contributed by atoms with E-state index in [0.29, 0.717) is 4.47 Å². The summed E-state index contributed by atoms with van der Waals surface area (Å²) in [7, 11) is -3.97. The molecule has 0 radical (unpaired) electrons. The maximum absolute atomic E-state index is 12.2. The van der Waals surface area contributed by atoms with Crippen LogP contribution in [-0.2, 0) is 14.8 Å². The number of sulfonamides is 1. The molecule has 0 saturated carbocycles. The van der Waals surface area contributed by atoms with E-state index in [4.69, 9.17) is 16.7 Å². The lowest BCUT2D eigenvalue weighted by molar-refractivity contribution is -0.139. The third kappa shape index (κ3) is 4.73. The number of nitrogens with one attached hydrogen (secondary N) is 1. The van der Waals surface area contributed by atoms with E-state index in [1.807, 2.05) is 13.8 Å². The molecule has 0 aliphatic heterocycles. The van der Waals surface area contributed by atoms with Crippen LogP contribution in [0.1, 0.15) is 20.3 Å². The fourth-order valence-corrected chi connectivity index (χ4v) is 4.03. The summed E-state index contributed by atoms with van der Waals surface area (Å²) in [5.41, 5.74) is 0. The second-order valence-electron chi connectivity index (χ2n) is 4.72. The standard InChI is InChI=1S/C12H15BrClNO4S/c1-7(2)5-10(12(16)17)15-20(18,19)11-6-8(14)3-4-9(11)13/h3-4,6-7,10,15H,5H2,1-2H3,(H,16,17). The first-order valence-corrected chi connectivity index (χ1v) is 8.49. The van der Waals surface area contributed by atoms with E-state index in [2.05, 4.69) is 20.7 Å². The highest BCUT2D eigenvalue weighted by atomic mass is 79.9. The van der Waals surface area contributed by atoms with Gasteiger partial charge in [-0.15, -0.1) is 0 Å². The van der Waals surface area contributed by atoms with Crippen molar-refractivity contribution in [3.63, 3.8) is 0 Å². The highest BCUT2D eigenvalue weighted by Crippen LogP contribution is 2.25. The second-order valence-corrected chi connectivity index (χ2v) is 7.69. The molecular weight excluding hydrogens is 370 g/mol. The molecule has 0 spiro atoms. The Labute approximate surface area is 131 Å². The SMILES string of the molecule is CC(C)CC(NS(=O)(=O)c1cc(Cl)ccc1Br)C(=O)O. The van der Waals surface area contributed by atoms with Gasteiger partial charge < -0.3 is 5.11 Å². The molecule has 112 valence electrons. The molecule has 0 aromatic heterocycles. The van der Waals surface area contributed by atoms with Gasteiger partial charge in [-0.25, -0.2) is 8.42 Å². The largest absolute Gasteiger partial charge is 0.480 e. The summed E-state index contributed by atoms with van der Waals surface area (Å²) in [6.45, 7) is 3.64. The van der Waals surface area contributed by atoms with Gasteiger partial charge in [0.25, 0.3) is 0 Å². The molecule has 0 fully saturated rings. The number of halogens is 2. The molecule has 0 saturated heterocycles. The fraction of sp³-hybridized carbons (Fsp3) is 0.417.